The smallest absolute Gasteiger partial charge is 0.149 e. The van der Waals surface area contributed by atoms with Gasteiger partial charge in [0.1, 0.15) is 11.6 Å². The largest absolute Gasteiger partial charge is 0.377 e. The summed E-state index contributed by atoms with van der Waals surface area (Å²) in [7, 11) is 0. The van der Waals surface area contributed by atoms with Crippen molar-refractivity contribution in [2.75, 3.05) is 6.61 Å². The normalized spacial score (nSPS) is 23.9. The van der Waals surface area contributed by atoms with Gasteiger partial charge >= 0.3 is 0 Å². The molecule has 1 aromatic carbocycles. The molecule has 0 radical (unpaired) electrons. The molecule has 0 saturated heterocycles. The van der Waals surface area contributed by atoms with Gasteiger partial charge in [0.05, 0.1) is 23.7 Å². The molecule has 1 heterocycles. The molecule has 1 saturated carbocycles. The lowest BCUT2D eigenvalue weighted by atomic mass is 9.87. The summed E-state index contributed by atoms with van der Waals surface area (Å²) >= 11 is 1.74. The quantitative estimate of drug-likeness (QED) is 0.792. The van der Waals surface area contributed by atoms with Crippen molar-refractivity contribution in [3.05, 3.63) is 59.9 Å². The molecule has 3 rings (SSSR count). The van der Waals surface area contributed by atoms with E-state index in [0.717, 1.165) is 23.7 Å². The maximum atomic E-state index is 13.9. The minimum atomic E-state index is -0.618. The number of halogens is 2. The van der Waals surface area contributed by atoms with Crippen molar-refractivity contribution in [3.8, 4) is 0 Å². The van der Waals surface area contributed by atoms with Gasteiger partial charge in [0, 0.05) is 29.1 Å². The van der Waals surface area contributed by atoms with Crippen molar-refractivity contribution in [1.82, 2.24) is 10.3 Å². The molecule has 1 N–H and O–H groups in total. The van der Waals surface area contributed by atoms with Crippen LogP contribution in [0.15, 0.2) is 47.6 Å². The van der Waals surface area contributed by atoms with Crippen molar-refractivity contribution in [2.24, 2.45) is 0 Å². The second-order valence-electron chi connectivity index (χ2n) is 6.14. The van der Waals surface area contributed by atoms with Crippen LogP contribution in [0.1, 0.15) is 31.9 Å². The maximum absolute atomic E-state index is 13.9. The zero-order valence-corrected chi connectivity index (χ0v) is 15.1. The zero-order chi connectivity index (χ0) is 17.8. The standard InChI is InChI=1S/C19H22F2N2OS/c1-3-24-17-9-16(19(17)25-13-7-5-4-6-8-13)23-12(2)18-14(20)10-22-11-15(18)21/h4-8,10-12,16-17,19,23H,3,9H2,1-2H3/t12?,16?,17-,19-/m1/s1. The summed E-state index contributed by atoms with van der Waals surface area (Å²) in [6.07, 6.45) is 3.08. The fraction of sp³-hybridized carbons (Fsp3) is 0.421. The number of benzene rings is 1. The Bertz CT molecular complexity index is 681. The number of thioether (sulfide) groups is 1. The monoisotopic (exact) mass is 364 g/mol. The van der Waals surface area contributed by atoms with E-state index in [0.29, 0.717) is 6.61 Å². The minimum absolute atomic E-state index is 0.0401. The molecule has 25 heavy (non-hydrogen) atoms. The van der Waals surface area contributed by atoms with Crippen LogP contribution in [0.3, 0.4) is 0 Å². The number of hydrogen-bond donors (Lipinski definition) is 1. The molecule has 1 aliphatic rings. The molecule has 3 nitrogen and oxygen atoms in total. The van der Waals surface area contributed by atoms with Gasteiger partial charge in [-0.15, -0.1) is 11.8 Å². The average Bonchev–Trinajstić information content (AvgIpc) is 2.59. The summed E-state index contributed by atoms with van der Waals surface area (Å²) < 4.78 is 33.7. The van der Waals surface area contributed by atoms with Crippen molar-refractivity contribution < 1.29 is 13.5 Å². The van der Waals surface area contributed by atoms with Crippen molar-refractivity contribution in [1.29, 1.82) is 0 Å². The molecule has 1 aromatic heterocycles. The minimum Gasteiger partial charge on any atom is -0.377 e. The summed E-state index contributed by atoms with van der Waals surface area (Å²) in [5.74, 6) is -1.24. The lowest BCUT2D eigenvalue weighted by Gasteiger charge is -2.45. The SMILES string of the molecule is CCO[C@@H]1CC(NC(C)c2c(F)cncc2F)[C@H]1Sc1ccccc1. The fourth-order valence-electron chi connectivity index (χ4n) is 3.18. The molecule has 0 aliphatic heterocycles. The second-order valence-corrected chi connectivity index (χ2v) is 7.39. The van der Waals surface area contributed by atoms with Gasteiger partial charge in [-0.25, -0.2) is 8.78 Å². The number of ether oxygens (including phenoxy) is 1. The molecule has 4 atom stereocenters. The first-order chi connectivity index (χ1) is 12.1. The van der Waals surface area contributed by atoms with E-state index in [9.17, 15) is 8.78 Å². The Labute approximate surface area is 151 Å². The van der Waals surface area contributed by atoms with Crippen LogP contribution >= 0.6 is 11.8 Å². The third-order valence-corrected chi connectivity index (χ3v) is 5.88. The molecule has 0 bridgehead atoms. The van der Waals surface area contributed by atoms with Crippen LogP contribution < -0.4 is 5.32 Å². The number of nitrogens with zero attached hydrogens (tertiary/aromatic N) is 1. The molecule has 0 amide bonds. The van der Waals surface area contributed by atoms with Gasteiger partial charge in [-0.3, -0.25) is 4.98 Å². The first-order valence-electron chi connectivity index (χ1n) is 8.48. The Hall–Kier alpha value is -1.50. The molecule has 134 valence electrons. The van der Waals surface area contributed by atoms with Crippen LogP contribution in [-0.4, -0.2) is 29.0 Å². The third-order valence-electron chi connectivity index (χ3n) is 4.43. The van der Waals surface area contributed by atoms with E-state index in [2.05, 4.69) is 22.4 Å². The van der Waals surface area contributed by atoms with Gasteiger partial charge in [-0.2, -0.15) is 0 Å². The lowest BCUT2D eigenvalue weighted by molar-refractivity contribution is -0.00532. The first kappa shape index (κ1) is 18.3. The van der Waals surface area contributed by atoms with E-state index >= 15 is 0 Å². The number of nitrogens with one attached hydrogen (secondary N) is 1. The van der Waals surface area contributed by atoms with Gasteiger partial charge in [0.25, 0.3) is 0 Å². The van der Waals surface area contributed by atoms with Crippen molar-refractivity contribution in [2.45, 2.75) is 48.6 Å². The summed E-state index contributed by atoms with van der Waals surface area (Å²) in [4.78, 5) is 4.71. The lowest BCUT2D eigenvalue weighted by Crippen LogP contribution is -2.57. The first-order valence-corrected chi connectivity index (χ1v) is 9.36. The van der Waals surface area contributed by atoms with Crippen LogP contribution in [0.4, 0.5) is 8.78 Å². The van der Waals surface area contributed by atoms with Crippen LogP contribution in [0, 0.1) is 11.6 Å². The van der Waals surface area contributed by atoms with Gasteiger partial charge in [-0.05, 0) is 32.4 Å². The van der Waals surface area contributed by atoms with Crippen LogP contribution in [0.25, 0.3) is 0 Å². The van der Waals surface area contributed by atoms with Crippen molar-refractivity contribution >= 4 is 11.8 Å². The highest BCUT2D eigenvalue weighted by Gasteiger charge is 2.43. The molecule has 2 aromatic rings. The predicted octanol–water partition coefficient (Wildman–Crippen LogP) is 4.35. The summed E-state index contributed by atoms with van der Waals surface area (Å²) in [5, 5.41) is 3.57. The van der Waals surface area contributed by atoms with Crippen LogP contribution in [-0.2, 0) is 4.74 Å². The van der Waals surface area contributed by atoms with E-state index in [4.69, 9.17) is 4.74 Å². The van der Waals surface area contributed by atoms with Crippen LogP contribution in [0.2, 0.25) is 0 Å². The topological polar surface area (TPSA) is 34.1 Å². The van der Waals surface area contributed by atoms with Crippen LogP contribution in [0.5, 0.6) is 0 Å². The molecule has 1 fully saturated rings. The highest BCUT2D eigenvalue weighted by atomic mass is 32.2. The highest BCUT2D eigenvalue weighted by Crippen LogP contribution is 2.40. The Morgan fingerprint density at radius 2 is 1.92 bits per heavy atom. The molecule has 6 heteroatoms. The summed E-state index contributed by atoms with van der Waals surface area (Å²) in [6.45, 7) is 4.42. The Morgan fingerprint density at radius 1 is 1.24 bits per heavy atom. The molecule has 0 spiro atoms. The highest BCUT2D eigenvalue weighted by molar-refractivity contribution is 8.00. The Kier molecular flexibility index (Phi) is 6.04. The van der Waals surface area contributed by atoms with Crippen molar-refractivity contribution in [3.63, 3.8) is 0 Å². The van der Waals surface area contributed by atoms with E-state index in [1.165, 1.54) is 0 Å². The predicted molar refractivity (Wildman–Crippen MR) is 95.6 cm³/mol. The van der Waals surface area contributed by atoms with E-state index in [-0.39, 0.29) is 23.0 Å². The van der Waals surface area contributed by atoms with Gasteiger partial charge in [0.15, 0.2) is 0 Å². The number of hydrogen-bond acceptors (Lipinski definition) is 4. The van der Waals surface area contributed by atoms with E-state index < -0.39 is 17.7 Å². The maximum Gasteiger partial charge on any atom is 0.149 e. The van der Waals surface area contributed by atoms with Gasteiger partial charge in [-0.1, -0.05) is 18.2 Å². The summed E-state index contributed by atoms with van der Waals surface area (Å²) in [6, 6.07) is 9.81. The number of rotatable bonds is 7. The molecular formula is C19H22F2N2OS. The van der Waals surface area contributed by atoms with Gasteiger partial charge < -0.3 is 10.1 Å². The summed E-state index contributed by atoms with van der Waals surface area (Å²) in [5.41, 5.74) is 0.0401. The molecule has 2 unspecified atom stereocenters. The fourth-order valence-corrected chi connectivity index (χ4v) is 4.50. The Balaban J connectivity index is 1.70. The van der Waals surface area contributed by atoms with Gasteiger partial charge in [0.2, 0.25) is 0 Å². The Morgan fingerprint density at radius 3 is 2.56 bits per heavy atom. The average molecular weight is 364 g/mol. The second kappa shape index (κ2) is 8.25. The molecule has 1 aliphatic carbocycles. The van der Waals surface area contributed by atoms with E-state index in [1.54, 1.807) is 18.7 Å². The number of pyridine rings is 1. The number of aromatic nitrogens is 1. The zero-order valence-electron chi connectivity index (χ0n) is 14.3. The molecular weight excluding hydrogens is 342 g/mol. The third kappa shape index (κ3) is 4.19. The van der Waals surface area contributed by atoms with E-state index in [1.807, 2.05) is 25.1 Å².